The van der Waals surface area contributed by atoms with Gasteiger partial charge in [-0.2, -0.15) is 0 Å². The van der Waals surface area contributed by atoms with Gasteiger partial charge in [-0.15, -0.1) is 0 Å². The molecule has 4 aromatic rings. The Balaban J connectivity index is 1.33. The van der Waals surface area contributed by atoms with Gasteiger partial charge in [0.25, 0.3) is 5.91 Å². The van der Waals surface area contributed by atoms with Gasteiger partial charge in [0.1, 0.15) is 11.6 Å². The third-order valence-electron chi connectivity index (χ3n) is 6.76. The van der Waals surface area contributed by atoms with Gasteiger partial charge in [0.15, 0.2) is 11.5 Å². The number of ether oxygens (including phenoxy) is 1. The standard InChI is InChI=1S/C30H28FN7O4/c1-19(39)37-13-15-38(16-14-37)25-12-7-21(17-33-25)24-18-34-28(32)26(36-24)30(41)42-27(20-5-3-2-4-6-20)29(40)35-23-10-8-22(31)9-11-23/h2-12,17-18,27H,13-16H2,1H3,(H2,32,34)(H,35,40)/t27-/m1/s1. The number of nitrogens with zero attached hydrogens (tertiary/aromatic N) is 5. The van der Waals surface area contributed by atoms with Crippen LogP contribution in [0.3, 0.4) is 0 Å². The van der Waals surface area contributed by atoms with E-state index in [1.54, 1.807) is 54.4 Å². The number of carbonyl (C=O) groups is 3. The molecule has 2 amide bonds. The van der Waals surface area contributed by atoms with E-state index in [0.717, 1.165) is 5.82 Å². The molecule has 1 saturated heterocycles. The Morgan fingerprint density at radius 2 is 1.64 bits per heavy atom. The number of hydrogen-bond donors (Lipinski definition) is 2. The van der Waals surface area contributed by atoms with Gasteiger partial charge < -0.3 is 25.6 Å². The summed E-state index contributed by atoms with van der Waals surface area (Å²) in [6, 6.07) is 17.3. The van der Waals surface area contributed by atoms with Crippen LogP contribution in [0.4, 0.5) is 21.7 Å². The number of anilines is 3. The van der Waals surface area contributed by atoms with E-state index >= 15 is 0 Å². The fraction of sp³-hybridized carbons (Fsp3) is 0.200. The minimum Gasteiger partial charge on any atom is -0.442 e. The number of esters is 1. The molecule has 2 aromatic heterocycles. The van der Waals surface area contributed by atoms with E-state index in [1.165, 1.54) is 30.5 Å². The van der Waals surface area contributed by atoms with Gasteiger partial charge in [-0.3, -0.25) is 9.59 Å². The second-order valence-corrected chi connectivity index (χ2v) is 9.58. The molecule has 0 radical (unpaired) electrons. The van der Waals surface area contributed by atoms with Gasteiger partial charge in [0.2, 0.25) is 12.0 Å². The summed E-state index contributed by atoms with van der Waals surface area (Å²) in [5, 5.41) is 2.63. The summed E-state index contributed by atoms with van der Waals surface area (Å²) in [4.78, 5) is 55.0. The van der Waals surface area contributed by atoms with Crippen LogP contribution >= 0.6 is 0 Å². The van der Waals surface area contributed by atoms with Gasteiger partial charge >= 0.3 is 5.97 Å². The predicted octanol–water partition coefficient (Wildman–Crippen LogP) is 3.47. The maximum Gasteiger partial charge on any atom is 0.361 e. The second kappa shape index (κ2) is 12.4. The van der Waals surface area contributed by atoms with Gasteiger partial charge in [-0.1, -0.05) is 30.3 Å². The molecule has 1 fully saturated rings. The fourth-order valence-corrected chi connectivity index (χ4v) is 4.47. The number of amides is 2. The average Bonchev–Trinajstić information content (AvgIpc) is 3.01. The van der Waals surface area contributed by atoms with E-state index in [4.69, 9.17) is 10.5 Å². The number of benzene rings is 2. The van der Waals surface area contributed by atoms with E-state index in [0.29, 0.717) is 48.7 Å². The summed E-state index contributed by atoms with van der Waals surface area (Å²) in [6.45, 7) is 4.14. The third-order valence-corrected chi connectivity index (χ3v) is 6.76. The first-order valence-corrected chi connectivity index (χ1v) is 13.2. The SMILES string of the molecule is CC(=O)N1CCN(c2ccc(-c3cnc(N)c(C(=O)O[C@@H](C(=O)Nc4ccc(F)cc4)c4ccccc4)n3)cn2)CC1. The molecule has 11 nitrogen and oxygen atoms in total. The molecule has 0 unspecified atom stereocenters. The largest absolute Gasteiger partial charge is 0.442 e. The molecule has 5 rings (SSSR count). The molecule has 1 aliphatic heterocycles. The molecule has 42 heavy (non-hydrogen) atoms. The number of aromatic nitrogens is 3. The van der Waals surface area contributed by atoms with Crippen molar-refractivity contribution in [3.8, 4) is 11.3 Å². The highest BCUT2D eigenvalue weighted by molar-refractivity contribution is 5.99. The van der Waals surface area contributed by atoms with E-state index in [-0.39, 0.29) is 17.4 Å². The van der Waals surface area contributed by atoms with Crippen LogP contribution < -0.4 is 16.0 Å². The van der Waals surface area contributed by atoms with Gasteiger partial charge in [-0.25, -0.2) is 24.1 Å². The summed E-state index contributed by atoms with van der Waals surface area (Å²) in [5.74, 6) is -1.40. The van der Waals surface area contributed by atoms with Crippen molar-refractivity contribution in [1.82, 2.24) is 19.9 Å². The summed E-state index contributed by atoms with van der Waals surface area (Å²) >= 11 is 0. The Morgan fingerprint density at radius 3 is 2.29 bits per heavy atom. The average molecular weight is 570 g/mol. The Bertz CT molecular complexity index is 1580. The molecule has 0 aliphatic carbocycles. The zero-order valence-electron chi connectivity index (χ0n) is 22.7. The first kappa shape index (κ1) is 28.1. The Kier molecular flexibility index (Phi) is 8.32. The zero-order valence-corrected chi connectivity index (χ0v) is 22.7. The fourth-order valence-electron chi connectivity index (χ4n) is 4.47. The van der Waals surface area contributed by atoms with E-state index in [2.05, 4.69) is 25.2 Å². The lowest BCUT2D eigenvalue weighted by molar-refractivity contribution is -0.129. The molecular formula is C30H28FN7O4. The van der Waals surface area contributed by atoms with Gasteiger partial charge in [-0.05, 0) is 36.4 Å². The van der Waals surface area contributed by atoms with Crippen LogP contribution in [0.1, 0.15) is 29.1 Å². The summed E-state index contributed by atoms with van der Waals surface area (Å²) < 4.78 is 18.9. The Hall–Kier alpha value is -5.39. The van der Waals surface area contributed by atoms with Crippen molar-refractivity contribution in [3.63, 3.8) is 0 Å². The lowest BCUT2D eigenvalue weighted by atomic mass is 10.1. The quantitative estimate of drug-likeness (QED) is 0.320. The number of hydrogen-bond acceptors (Lipinski definition) is 9. The number of nitrogens with two attached hydrogens (primary N) is 1. The van der Waals surface area contributed by atoms with Crippen molar-refractivity contribution >= 4 is 35.1 Å². The first-order valence-electron chi connectivity index (χ1n) is 13.2. The van der Waals surface area contributed by atoms with Crippen molar-refractivity contribution < 1.29 is 23.5 Å². The van der Waals surface area contributed by atoms with Crippen LogP contribution in [-0.4, -0.2) is 63.8 Å². The van der Waals surface area contributed by atoms with Crippen LogP contribution in [-0.2, 0) is 14.3 Å². The number of halogens is 1. The maximum atomic E-state index is 13.3. The second-order valence-electron chi connectivity index (χ2n) is 9.58. The highest BCUT2D eigenvalue weighted by atomic mass is 19.1. The Morgan fingerprint density at radius 1 is 0.929 bits per heavy atom. The van der Waals surface area contributed by atoms with Crippen molar-refractivity contribution in [2.75, 3.05) is 42.1 Å². The topological polar surface area (TPSA) is 144 Å². The summed E-state index contributed by atoms with van der Waals surface area (Å²) in [7, 11) is 0. The van der Waals surface area contributed by atoms with Crippen LogP contribution in [0, 0.1) is 5.82 Å². The van der Waals surface area contributed by atoms with Crippen molar-refractivity contribution in [2.45, 2.75) is 13.0 Å². The molecule has 3 N–H and O–H groups in total. The van der Waals surface area contributed by atoms with Crippen molar-refractivity contribution in [1.29, 1.82) is 0 Å². The highest BCUT2D eigenvalue weighted by Gasteiger charge is 2.28. The molecule has 0 spiro atoms. The molecule has 0 bridgehead atoms. The number of rotatable bonds is 7. The third kappa shape index (κ3) is 6.49. The normalized spacial score (nSPS) is 13.8. The molecular weight excluding hydrogens is 541 g/mol. The molecule has 1 aliphatic rings. The monoisotopic (exact) mass is 569 g/mol. The molecule has 214 valence electrons. The predicted molar refractivity (Wildman–Crippen MR) is 154 cm³/mol. The molecule has 12 heteroatoms. The number of carbonyl (C=O) groups excluding carboxylic acids is 3. The van der Waals surface area contributed by atoms with Gasteiger partial charge in [0, 0.05) is 56.1 Å². The number of nitrogens with one attached hydrogen (secondary N) is 1. The van der Waals surface area contributed by atoms with Crippen LogP contribution in [0.25, 0.3) is 11.3 Å². The maximum absolute atomic E-state index is 13.3. The highest BCUT2D eigenvalue weighted by Crippen LogP contribution is 2.25. The number of piperazine rings is 1. The minimum absolute atomic E-state index is 0.0535. The minimum atomic E-state index is -1.35. The number of pyridine rings is 1. The summed E-state index contributed by atoms with van der Waals surface area (Å²) in [6.07, 6.45) is 1.69. The van der Waals surface area contributed by atoms with E-state index < -0.39 is 23.8 Å². The van der Waals surface area contributed by atoms with Crippen LogP contribution in [0.15, 0.2) is 79.1 Å². The van der Waals surface area contributed by atoms with Crippen LogP contribution in [0.2, 0.25) is 0 Å². The number of nitrogen functional groups attached to an aromatic ring is 1. The van der Waals surface area contributed by atoms with E-state index in [9.17, 15) is 18.8 Å². The molecule has 0 saturated carbocycles. The summed E-state index contributed by atoms with van der Waals surface area (Å²) in [5.41, 5.74) is 7.41. The Labute approximate surface area is 241 Å². The first-order chi connectivity index (χ1) is 20.3. The zero-order chi connectivity index (χ0) is 29.6. The van der Waals surface area contributed by atoms with Crippen molar-refractivity contribution in [3.05, 3.63) is 96.2 Å². The van der Waals surface area contributed by atoms with Gasteiger partial charge in [0.05, 0.1) is 11.9 Å². The van der Waals surface area contributed by atoms with Crippen molar-refractivity contribution in [2.24, 2.45) is 0 Å². The lowest BCUT2D eigenvalue weighted by Gasteiger charge is -2.34. The lowest BCUT2D eigenvalue weighted by Crippen LogP contribution is -2.48. The molecule has 2 aromatic carbocycles. The van der Waals surface area contributed by atoms with E-state index in [1.807, 2.05) is 6.07 Å². The van der Waals surface area contributed by atoms with Crippen LogP contribution in [0.5, 0.6) is 0 Å². The molecule has 1 atom stereocenters. The smallest absolute Gasteiger partial charge is 0.361 e. The molecule has 3 heterocycles.